The van der Waals surface area contributed by atoms with Gasteiger partial charge in [-0.3, -0.25) is 4.79 Å². The number of amides is 1. The lowest BCUT2D eigenvalue weighted by Crippen LogP contribution is -2.28. The molecule has 7 heteroatoms. The zero-order chi connectivity index (χ0) is 18.3. The van der Waals surface area contributed by atoms with Crippen molar-refractivity contribution in [2.45, 2.75) is 45.2 Å². The molecule has 1 fully saturated rings. The van der Waals surface area contributed by atoms with E-state index in [-0.39, 0.29) is 17.3 Å². The number of piperidine rings is 1. The molecule has 0 radical (unpaired) electrons. The minimum atomic E-state index is -4.46. The molecule has 1 aliphatic heterocycles. The van der Waals surface area contributed by atoms with Gasteiger partial charge in [0.25, 0.3) is 0 Å². The normalized spacial score (nSPS) is 15.8. The van der Waals surface area contributed by atoms with E-state index in [0.717, 1.165) is 50.9 Å². The molecule has 140 valence electrons. The van der Waals surface area contributed by atoms with Crippen LogP contribution in [0.1, 0.15) is 44.6 Å². The summed E-state index contributed by atoms with van der Waals surface area (Å²) in [6.07, 6.45) is -0.628. The van der Waals surface area contributed by atoms with Crippen LogP contribution in [0.4, 0.5) is 18.9 Å². The van der Waals surface area contributed by atoms with E-state index in [4.69, 9.17) is 4.74 Å². The Bertz CT molecular complexity index is 570. The van der Waals surface area contributed by atoms with Crippen LogP contribution in [0.5, 0.6) is 5.75 Å². The van der Waals surface area contributed by atoms with Gasteiger partial charge in [-0.2, -0.15) is 13.2 Å². The Morgan fingerprint density at radius 1 is 1.32 bits per heavy atom. The zero-order valence-electron chi connectivity index (χ0n) is 14.4. The summed E-state index contributed by atoms with van der Waals surface area (Å²) < 4.78 is 44.2. The van der Waals surface area contributed by atoms with E-state index >= 15 is 0 Å². The third kappa shape index (κ3) is 6.23. The van der Waals surface area contributed by atoms with Crippen LogP contribution in [-0.2, 0) is 11.0 Å². The van der Waals surface area contributed by atoms with E-state index in [1.807, 2.05) is 6.92 Å². The van der Waals surface area contributed by atoms with Gasteiger partial charge in [0.2, 0.25) is 5.91 Å². The van der Waals surface area contributed by atoms with Crippen LogP contribution in [0, 0.1) is 5.92 Å². The Labute approximate surface area is 146 Å². The second-order valence-corrected chi connectivity index (χ2v) is 6.34. The lowest BCUT2D eigenvalue weighted by Gasteiger charge is -2.22. The second kappa shape index (κ2) is 9.08. The van der Waals surface area contributed by atoms with E-state index < -0.39 is 11.7 Å². The van der Waals surface area contributed by atoms with Crippen LogP contribution in [0.3, 0.4) is 0 Å². The first-order valence-electron chi connectivity index (χ1n) is 8.74. The fraction of sp³-hybridized carbons (Fsp3) is 0.611. The number of nitrogens with one attached hydrogen (secondary N) is 2. The van der Waals surface area contributed by atoms with Crippen LogP contribution in [0.15, 0.2) is 18.2 Å². The summed E-state index contributed by atoms with van der Waals surface area (Å²) in [5.74, 6) is 0.480. The molecular weight excluding hydrogens is 333 g/mol. The summed E-state index contributed by atoms with van der Waals surface area (Å²) >= 11 is 0. The van der Waals surface area contributed by atoms with Crippen molar-refractivity contribution in [2.75, 3.05) is 25.0 Å². The van der Waals surface area contributed by atoms with Gasteiger partial charge in [-0.1, -0.05) is 6.92 Å². The Kier molecular flexibility index (Phi) is 7.11. The average Bonchev–Trinajstić information content (AvgIpc) is 2.59. The molecule has 1 aliphatic rings. The van der Waals surface area contributed by atoms with E-state index in [0.29, 0.717) is 18.9 Å². The molecule has 0 aliphatic carbocycles. The van der Waals surface area contributed by atoms with E-state index in [1.165, 1.54) is 6.07 Å². The molecule has 2 rings (SSSR count). The summed E-state index contributed by atoms with van der Waals surface area (Å²) in [6, 6.07) is 3.17. The number of ether oxygens (including phenoxy) is 1. The van der Waals surface area contributed by atoms with Crippen molar-refractivity contribution in [1.82, 2.24) is 5.32 Å². The molecule has 1 aromatic carbocycles. The molecule has 1 saturated heterocycles. The Balaban J connectivity index is 2.02. The highest BCUT2D eigenvalue weighted by Gasteiger charge is 2.31. The molecule has 0 saturated carbocycles. The number of anilines is 1. The summed E-state index contributed by atoms with van der Waals surface area (Å²) in [5.41, 5.74) is -0.719. The Morgan fingerprint density at radius 2 is 2.04 bits per heavy atom. The van der Waals surface area contributed by atoms with Gasteiger partial charge in [0.15, 0.2) is 0 Å². The molecular formula is C18H25F3N2O2. The molecule has 25 heavy (non-hydrogen) atoms. The third-order valence-electron chi connectivity index (χ3n) is 4.28. The van der Waals surface area contributed by atoms with Crippen molar-refractivity contribution in [1.29, 1.82) is 0 Å². The van der Waals surface area contributed by atoms with Gasteiger partial charge in [0.1, 0.15) is 5.75 Å². The van der Waals surface area contributed by atoms with Gasteiger partial charge in [0.05, 0.1) is 17.9 Å². The minimum absolute atomic E-state index is 0.0820. The van der Waals surface area contributed by atoms with Gasteiger partial charge < -0.3 is 15.4 Å². The molecule has 1 aromatic rings. The average molecular weight is 358 g/mol. The predicted octanol–water partition coefficient (Wildman–Crippen LogP) is 4.21. The van der Waals surface area contributed by atoms with Crippen LogP contribution >= 0.6 is 0 Å². The van der Waals surface area contributed by atoms with Crippen LogP contribution < -0.4 is 15.4 Å². The summed E-state index contributed by atoms with van der Waals surface area (Å²) in [6.45, 7) is 4.19. The first-order chi connectivity index (χ1) is 11.9. The molecule has 0 spiro atoms. The SMILES string of the molecule is CCCOc1ccc(C(F)(F)F)cc1NC(=O)CCC1CCNCC1. The first-order valence-corrected chi connectivity index (χ1v) is 8.74. The molecule has 0 atom stereocenters. The maximum absolute atomic E-state index is 12.9. The highest BCUT2D eigenvalue weighted by atomic mass is 19.4. The summed E-state index contributed by atoms with van der Waals surface area (Å²) in [7, 11) is 0. The number of carbonyl (C=O) groups is 1. The second-order valence-electron chi connectivity index (χ2n) is 6.34. The number of hydrogen-bond donors (Lipinski definition) is 2. The number of rotatable bonds is 7. The van der Waals surface area contributed by atoms with Crippen molar-refractivity contribution in [3.63, 3.8) is 0 Å². The fourth-order valence-electron chi connectivity index (χ4n) is 2.86. The van der Waals surface area contributed by atoms with Crippen molar-refractivity contribution >= 4 is 11.6 Å². The Morgan fingerprint density at radius 3 is 2.68 bits per heavy atom. The summed E-state index contributed by atoms with van der Waals surface area (Å²) in [5, 5.41) is 5.86. The number of halogens is 3. The third-order valence-corrected chi connectivity index (χ3v) is 4.28. The molecule has 4 nitrogen and oxygen atoms in total. The van der Waals surface area contributed by atoms with Crippen LogP contribution in [0.25, 0.3) is 0 Å². The molecule has 1 heterocycles. The first kappa shape index (κ1) is 19.6. The smallest absolute Gasteiger partial charge is 0.416 e. The lowest BCUT2D eigenvalue weighted by atomic mass is 9.93. The van der Waals surface area contributed by atoms with E-state index in [9.17, 15) is 18.0 Å². The maximum Gasteiger partial charge on any atom is 0.416 e. The van der Waals surface area contributed by atoms with Gasteiger partial charge in [-0.15, -0.1) is 0 Å². The predicted molar refractivity (Wildman–Crippen MR) is 90.7 cm³/mol. The number of alkyl halides is 3. The largest absolute Gasteiger partial charge is 0.491 e. The zero-order valence-corrected chi connectivity index (χ0v) is 14.4. The van der Waals surface area contributed by atoms with Crippen molar-refractivity contribution < 1.29 is 22.7 Å². The van der Waals surface area contributed by atoms with Gasteiger partial charge in [-0.25, -0.2) is 0 Å². The van der Waals surface area contributed by atoms with Crippen LogP contribution in [0.2, 0.25) is 0 Å². The van der Waals surface area contributed by atoms with Gasteiger partial charge >= 0.3 is 6.18 Å². The van der Waals surface area contributed by atoms with Crippen molar-refractivity contribution in [2.24, 2.45) is 5.92 Å². The highest BCUT2D eigenvalue weighted by Crippen LogP contribution is 2.35. The topological polar surface area (TPSA) is 50.4 Å². The molecule has 0 bridgehead atoms. The van der Waals surface area contributed by atoms with Crippen molar-refractivity contribution in [3.05, 3.63) is 23.8 Å². The number of hydrogen-bond acceptors (Lipinski definition) is 3. The van der Waals surface area contributed by atoms with Crippen LogP contribution in [-0.4, -0.2) is 25.6 Å². The molecule has 1 amide bonds. The summed E-state index contributed by atoms with van der Waals surface area (Å²) in [4.78, 5) is 12.2. The van der Waals surface area contributed by atoms with E-state index in [1.54, 1.807) is 0 Å². The highest BCUT2D eigenvalue weighted by molar-refractivity contribution is 5.92. The monoisotopic (exact) mass is 358 g/mol. The molecule has 0 aromatic heterocycles. The van der Waals surface area contributed by atoms with E-state index in [2.05, 4.69) is 10.6 Å². The Hall–Kier alpha value is -1.76. The van der Waals surface area contributed by atoms with Crippen molar-refractivity contribution in [3.8, 4) is 5.75 Å². The molecule has 0 unspecified atom stereocenters. The quantitative estimate of drug-likeness (QED) is 0.768. The standard InChI is InChI=1S/C18H25F3N2O2/c1-2-11-25-16-5-4-14(18(19,20)21)12-15(16)23-17(24)6-3-13-7-9-22-10-8-13/h4-5,12-13,22H,2-3,6-11H2,1H3,(H,23,24). The molecule has 2 N–H and O–H groups in total. The maximum atomic E-state index is 12.9. The lowest BCUT2D eigenvalue weighted by molar-refractivity contribution is -0.137. The number of benzene rings is 1. The van der Waals surface area contributed by atoms with Gasteiger partial charge in [-0.05, 0) is 62.9 Å². The number of carbonyl (C=O) groups excluding carboxylic acids is 1. The minimum Gasteiger partial charge on any atom is -0.491 e. The fourth-order valence-corrected chi connectivity index (χ4v) is 2.86. The van der Waals surface area contributed by atoms with Gasteiger partial charge in [0, 0.05) is 6.42 Å².